The van der Waals surface area contributed by atoms with Crippen LogP contribution >= 0.6 is 0 Å². The van der Waals surface area contributed by atoms with Crippen molar-refractivity contribution in [1.82, 2.24) is 15.1 Å². The fourth-order valence-electron chi connectivity index (χ4n) is 2.59. The number of nitrogens with zero attached hydrogens (tertiary/aromatic N) is 2. The monoisotopic (exact) mass is 347 g/mol. The van der Waals surface area contributed by atoms with E-state index in [1.807, 2.05) is 25.5 Å². The van der Waals surface area contributed by atoms with Crippen molar-refractivity contribution < 1.29 is 19.0 Å². The lowest BCUT2D eigenvalue weighted by Crippen LogP contribution is -2.28. The van der Waals surface area contributed by atoms with E-state index in [-0.39, 0.29) is 5.91 Å². The first-order valence-electron chi connectivity index (χ1n) is 8.01. The topological polar surface area (TPSA) is 74.6 Å². The fourth-order valence-corrected chi connectivity index (χ4v) is 2.59. The standard InChI is InChI=1S/C18H25N3O4/c1-11-12(2)20-21(13(11)3)8-7-19-18(22)14-9-15(23-4)17(25-6)16(10-14)24-5/h9-10H,7-8H2,1-6H3,(H,19,22). The summed E-state index contributed by atoms with van der Waals surface area (Å²) in [6.07, 6.45) is 0. The molecule has 136 valence electrons. The molecule has 0 fully saturated rings. The lowest BCUT2D eigenvalue weighted by molar-refractivity contribution is 0.0951. The van der Waals surface area contributed by atoms with Gasteiger partial charge in [-0.2, -0.15) is 5.10 Å². The summed E-state index contributed by atoms with van der Waals surface area (Å²) in [6, 6.07) is 3.26. The summed E-state index contributed by atoms with van der Waals surface area (Å²) in [4.78, 5) is 12.4. The van der Waals surface area contributed by atoms with Gasteiger partial charge in [-0.15, -0.1) is 0 Å². The number of methoxy groups -OCH3 is 3. The van der Waals surface area contributed by atoms with Crippen LogP contribution < -0.4 is 19.5 Å². The SMILES string of the molecule is COc1cc(C(=O)NCCn2nc(C)c(C)c2C)cc(OC)c1OC. The van der Waals surface area contributed by atoms with Gasteiger partial charge in [0.25, 0.3) is 5.91 Å². The summed E-state index contributed by atoms with van der Waals surface area (Å²) >= 11 is 0. The van der Waals surface area contributed by atoms with Gasteiger partial charge in [-0.25, -0.2) is 0 Å². The van der Waals surface area contributed by atoms with Crippen molar-refractivity contribution in [1.29, 1.82) is 0 Å². The predicted molar refractivity (Wildman–Crippen MR) is 94.9 cm³/mol. The molecule has 1 heterocycles. The largest absolute Gasteiger partial charge is 0.493 e. The number of carbonyl (C=O) groups excluding carboxylic acids is 1. The smallest absolute Gasteiger partial charge is 0.251 e. The maximum absolute atomic E-state index is 12.4. The minimum Gasteiger partial charge on any atom is -0.493 e. The second-order valence-electron chi connectivity index (χ2n) is 5.69. The Morgan fingerprint density at radius 3 is 2.12 bits per heavy atom. The lowest BCUT2D eigenvalue weighted by Gasteiger charge is -2.14. The van der Waals surface area contributed by atoms with Crippen LogP contribution in [0.2, 0.25) is 0 Å². The molecule has 0 bridgehead atoms. The number of ether oxygens (including phenoxy) is 3. The van der Waals surface area contributed by atoms with Gasteiger partial charge < -0.3 is 19.5 Å². The molecule has 0 aliphatic carbocycles. The van der Waals surface area contributed by atoms with Crippen molar-refractivity contribution in [2.45, 2.75) is 27.3 Å². The Balaban J connectivity index is 2.09. The highest BCUT2D eigenvalue weighted by atomic mass is 16.5. The quantitative estimate of drug-likeness (QED) is 0.832. The van der Waals surface area contributed by atoms with Gasteiger partial charge in [0.05, 0.1) is 33.6 Å². The van der Waals surface area contributed by atoms with Crippen molar-refractivity contribution >= 4 is 5.91 Å². The van der Waals surface area contributed by atoms with E-state index in [1.54, 1.807) is 12.1 Å². The average Bonchev–Trinajstić information content (AvgIpc) is 2.87. The third-order valence-electron chi connectivity index (χ3n) is 4.28. The molecule has 0 atom stereocenters. The molecular weight excluding hydrogens is 322 g/mol. The fraction of sp³-hybridized carbons (Fsp3) is 0.444. The van der Waals surface area contributed by atoms with Crippen LogP contribution in [0, 0.1) is 20.8 Å². The number of carbonyl (C=O) groups is 1. The van der Waals surface area contributed by atoms with E-state index < -0.39 is 0 Å². The van der Waals surface area contributed by atoms with E-state index in [2.05, 4.69) is 10.4 Å². The van der Waals surface area contributed by atoms with Crippen LogP contribution in [0.15, 0.2) is 12.1 Å². The maximum Gasteiger partial charge on any atom is 0.251 e. The molecule has 1 N–H and O–H groups in total. The van der Waals surface area contributed by atoms with Crippen LogP contribution in [0.1, 0.15) is 27.3 Å². The van der Waals surface area contributed by atoms with Gasteiger partial charge in [0, 0.05) is 17.8 Å². The highest BCUT2D eigenvalue weighted by Gasteiger charge is 2.17. The Labute approximate surface area is 147 Å². The molecule has 2 aromatic rings. The Morgan fingerprint density at radius 1 is 1.08 bits per heavy atom. The molecular formula is C18H25N3O4. The van der Waals surface area contributed by atoms with Crippen LogP contribution in [0.25, 0.3) is 0 Å². The van der Waals surface area contributed by atoms with Crippen molar-refractivity contribution in [2.75, 3.05) is 27.9 Å². The first kappa shape index (κ1) is 18.6. The molecule has 0 radical (unpaired) electrons. The number of aromatic nitrogens is 2. The molecule has 0 spiro atoms. The van der Waals surface area contributed by atoms with E-state index in [1.165, 1.54) is 26.9 Å². The minimum absolute atomic E-state index is 0.211. The molecule has 1 aromatic heterocycles. The van der Waals surface area contributed by atoms with Gasteiger partial charge in [-0.3, -0.25) is 9.48 Å². The highest BCUT2D eigenvalue weighted by Crippen LogP contribution is 2.38. The number of aryl methyl sites for hydroxylation is 1. The zero-order valence-electron chi connectivity index (χ0n) is 15.6. The van der Waals surface area contributed by atoms with Crippen molar-refractivity contribution in [3.05, 3.63) is 34.6 Å². The predicted octanol–water partition coefficient (Wildman–Crippen LogP) is 2.26. The molecule has 1 amide bonds. The number of nitrogens with one attached hydrogen (secondary N) is 1. The second kappa shape index (κ2) is 7.92. The first-order valence-corrected chi connectivity index (χ1v) is 8.01. The van der Waals surface area contributed by atoms with Gasteiger partial charge in [-0.05, 0) is 38.5 Å². The van der Waals surface area contributed by atoms with Crippen LogP contribution in [0.5, 0.6) is 17.2 Å². The van der Waals surface area contributed by atoms with Crippen LogP contribution in [-0.2, 0) is 6.54 Å². The summed E-state index contributed by atoms with van der Waals surface area (Å²) in [5.41, 5.74) is 3.74. The normalized spacial score (nSPS) is 10.5. The zero-order chi connectivity index (χ0) is 18.6. The van der Waals surface area contributed by atoms with E-state index >= 15 is 0 Å². The molecule has 7 heteroatoms. The molecule has 25 heavy (non-hydrogen) atoms. The Kier molecular flexibility index (Phi) is 5.90. The molecule has 0 saturated carbocycles. The first-order chi connectivity index (χ1) is 11.9. The molecule has 0 unspecified atom stereocenters. The van der Waals surface area contributed by atoms with Crippen LogP contribution in [0.3, 0.4) is 0 Å². The van der Waals surface area contributed by atoms with Crippen molar-refractivity contribution in [2.24, 2.45) is 0 Å². The molecule has 2 rings (SSSR count). The van der Waals surface area contributed by atoms with E-state index in [0.29, 0.717) is 35.9 Å². The number of hydrogen-bond donors (Lipinski definition) is 1. The Hall–Kier alpha value is -2.70. The van der Waals surface area contributed by atoms with Gasteiger partial charge in [0.2, 0.25) is 5.75 Å². The summed E-state index contributed by atoms with van der Waals surface area (Å²) in [5.74, 6) is 1.14. The lowest BCUT2D eigenvalue weighted by atomic mass is 10.1. The molecule has 1 aromatic carbocycles. The summed E-state index contributed by atoms with van der Waals surface area (Å²) in [7, 11) is 4.56. The molecule has 0 saturated heterocycles. The van der Waals surface area contributed by atoms with Gasteiger partial charge in [0.1, 0.15) is 0 Å². The molecule has 0 aliphatic rings. The summed E-state index contributed by atoms with van der Waals surface area (Å²) in [6.45, 7) is 7.12. The number of amides is 1. The maximum atomic E-state index is 12.4. The van der Waals surface area contributed by atoms with E-state index in [4.69, 9.17) is 14.2 Å². The van der Waals surface area contributed by atoms with Crippen LogP contribution in [0.4, 0.5) is 0 Å². The van der Waals surface area contributed by atoms with Gasteiger partial charge in [-0.1, -0.05) is 0 Å². The minimum atomic E-state index is -0.211. The Bertz CT molecular complexity index is 743. The summed E-state index contributed by atoms with van der Waals surface area (Å²) < 4.78 is 17.7. The number of hydrogen-bond acceptors (Lipinski definition) is 5. The Morgan fingerprint density at radius 2 is 1.68 bits per heavy atom. The number of benzene rings is 1. The molecule has 7 nitrogen and oxygen atoms in total. The van der Waals surface area contributed by atoms with Crippen molar-refractivity contribution in [3.63, 3.8) is 0 Å². The van der Waals surface area contributed by atoms with E-state index in [0.717, 1.165) is 11.4 Å². The third-order valence-corrected chi connectivity index (χ3v) is 4.28. The van der Waals surface area contributed by atoms with E-state index in [9.17, 15) is 4.79 Å². The van der Waals surface area contributed by atoms with Gasteiger partial charge in [0.15, 0.2) is 11.5 Å². The third kappa shape index (κ3) is 3.87. The molecule has 0 aliphatic heterocycles. The second-order valence-corrected chi connectivity index (χ2v) is 5.69. The van der Waals surface area contributed by atoms with Crippen molar-refractivity contribution in [3.8, 4) is 17.2 Å². The average molecular weight is 347 g/mol. The van der Waals surface area contributed by atoms with Gasteiger partial charge >= 0.3 is 0 Å². The summed E-state index contributed by atoms with van der Waals surface area (Å²) in [5, 5.41) is 7.36. The highest BCUT2D eigenvalue weighted by molar-refractivity contribution is 5.95. The number of rotatable bonds is 7. The van der Waals surface area contributed by atoms with Crippen LogP contribution in [-0.4, -0.2) is 43.6 Å². The zero-order valence-corrected chi connectivity index (χ0v) is 15.6.